The summed E-state index contributed by atoms with van der Waals surface area (Å²) in [7, 11) is 0. The van der Waals surface area contributed by atoms with Gasteiger partial charge in [-0.25, -0.2) is 0 Å². The van der Waals surface area contributed by atoms with Crippen molar-refractivity contribution >= 4 is 28.9 Å². The van der Waals surface area contributed by atoms with Gasteiger partial charge in [0.15, 0.2) is 11.7 Å². The van der Waals surface area contributed by atoms with Crippen LogP contribution in [0.3, 0.4) is 0 Å². The Bertz CT molecular complexity index is 685. The molecule has 2 N–H and O–H groups in total. The molecule has 2 aliphatic rings. The molecule has 1 amide bonds. The average molecular weight is 417 g/mol. The Hall–Kier alpha value is -2.07. The summed E-state index contributed by atoms with van der Waals surface area (Å²) in [4.78, 5) is 17.5. The molecule has 1 aromatic carbocycles. The minimum atomic E-state index is -4.71. The van der Waals surface area contributed by atoms with Gasteiger partial charge < -0.3 is 24.8 Å². The van der Waals surface area contributed by atoms with Gasteiger partial charge in [-0.05, 0) is 49.3 Å². The van der Waals surface area contributed by atoms with Gasteiger partial charge in [0, 0.05) is 18.8 Å². The molecular weight excluding hydrogens is 393 g/mol. The molecule has 28 heavy (non-hydrogen) atoms. The number of ether oxygens (including phenoxy) is 1. The fraction of sp³-hybridized carbons (Fsp3) is 0.556. The second-order valence-electron chi connectivity index (χ2n) is 7.00. The van der Waals surface area contributed by atoms with Crippen LogP contribution >= 0.6 is 12.2 Å². The maximum Gasteiger partial charge on any atom is 0.573 e. The van der Waals surface area contributed by atoms with E-state index in [9.17, 15) is 18.0 Å². The van der Waals surface area contributed by atoms with E-state index >= 15 is 0 Å². The highest BCUT2D eigenvalue weighted by atomic mass is 32.1. The van der Waals surface area contributed by atoms with Gasteiger partial charge in [0.1, 0.15) is 5.75 Å². The smallest absolute Gasteiger partial charge is 0.406 e. The molecule has 0 bridgehead atoms. The molecule has 2 aliphatic heterocycles. The van der Waals surface area contributed by atoms with E-state index in [1.807, 2.05) is 9.80 Å². The minimum Gasteiger partial charge on any atom is -0.406 e. The standard InChI is InChI=1S/C18H23F3N4O2S/c19-18(20,21)27-15-5-3-14(4-6-15)22-17(28)25-11-9-23(10-12-25)13-16(26)24-7-1-2-8-24/h3-6H,1-2,7-13H2,(H,22,28)/p+1. The zero-order chi connectivity index (χ0) is 20.1. The molecule has 3 rings (SSSR count). The third-order valence-electron chi connectivity index (χ3n) is 4.96. The maximum absolute atomic E-state index is 12.3. The normalized spacial score (nSPS) is 18.2. The molecule has 2 saturated heterocycles. The number of quaternary nitrogens is 1. The largest absolute Gasteiger partial charge is 0.573 e. The van der Waals surface area contributed by atoms with Gasteiger partial charge in [0.2, 0.25) is 0 Å². The molecule has 0 unspecified atom stereocenters. The SMILES string of the molecule is O=C(C[NH+]1CCN(C(=S)Nc2ccc(OC(F)(F)F)cc2)CC1)N1CCCC1. The Morgan fingerprint density at radius 3 is 2.25 bits per heavy atom. The van der Waals surface area contributed by atoms with Crippen molar-refractivity contribution in [3.05, 3.63) is 24.3 Å². The van der Waals surface area contributed by atoms with E-state index in [1.165, 1.54) is 29.2 Å². The van der Waals surface area contributed by atoms with Crippen LogP contribution in [0.1, 0.15) is 12.8 Å². The average Bonchev–Trinajstić information content (AvgIpc) is 3.17. The highest BCUT2D eigenvalue weighted by Crippen LogP contribution is 2.24. The fourth-order valence-corrected chi connectivity index (χ4v) is 3.74. The van der Waals surface area contributed by atoms with Crippen LogP contribution in [-0.2, 0) is 4.79 Å². The summed E-state index contributed by atoms with van der Waals surface area (Å²) in [6.07, 6.45) is -2.52. The number of amides is 1. The molecule has 10 heteroatoms. The Morgan fingerprint density at radius 2 is 1.68 bits per heavy atom. The molecule has 0 aliphatic carbocycles. The lowest BCUT2D eigenvalue weighted by molar-refractivity contribution is -0.896. The van der Waals surface area contributed by atoms with E-state index in [1.54, 1.807) is 0 Å². The minimum absolute atomic E-state index is 0.225. The third-order valence-corrected chi connectivity index (χ3v) is 5.32. The fourth-order valence-electron chi connectivity index (χ4n) is 3.44. The lowest BCUT2D eigenvalue weighted by Gasteiger charge is -2.34. The summed E-state index contributed by atoms with van der Waals surface area (Å²) in [5.41, 5.74) is 0.596. The van der Waals surface area contributed by atoms with E-state index in [0.29, 0.717) is 17.3 Å². The monoisotopic (exact) mass is 417 g/mol. The van der Waals surface area contributed by atoms with Gasteiger partial charge in [-0.1, -0.05) is 0 Å². The molecule has 6 nitrogen and oxygen atoms in total. The Labute approximate surface area is 167 Å². The lowest BCUT2D eigenvalue weighted by Crippen LogP contribution is -3.15. The number of hydrogen-bond donors (Lipinski definition) is 2. The number of likely N-dealkylation sites (tertiary alicyclic amines) is 1. The van der Waals surface area contributed by atoms with Crippen LogP contribution in [0.25, 0.3) is 0 Å². The summed E-state index contributed by atoms with van der Waals surface area (Å²) in [5.74, 6) is -0.0494. The number of carbonyl (C=O) groups excluding carboxylic acids is 1. The van der Waals surface area contributed by atoms with Gasteiger partial charge in [0.25, 0.3) is 5.91 Å². The first-order chi connectivity index (χ1) is 13.3. The highest BCUT2D eigenvalue weighted by Gasteiger charge is 2.31. The van der Waals surface area contributed by atoms with Crippen molar-refractivity contribution in [2.24, 2.45) is 0 Å². The van der Waals surface area contributed by atoms with Gasteiger partial charge in [-0.15, -0.1) is 13.2 Å². The van der Waals surface area contributed by atoms with Crippen LogP contribution in [0.5, 0.6) is 5.75 Å². The Morgan fingerprint density at radius 1 is 1.07 bits per heavy atom. The quantitative estimate of drug-likeness (QED) is 0.719. The van der Waals surface area contributed by atoms with Crippen molar-refractivity contribution in [3.63, 3.8) is 0 Å². The molecule has 2 heterocycles. The summed E-state index contributed by atoms with van der Waals surface area (Å²) in [5, 5.41) is 3.56. The number of piperazine rings is 1. The number of halogens is 3. The number of benzene rings is 1. The molecule has 0 radical (unpaired) electrons. The summed E-state index contributed by atoms with van der Waals surface area (Å²) in [6, 6.07) is 5.46. The molecule has 1 aromatic rings. The van der Waals surface area contributed by atoms with E-state index in [2.05, 4.69) is 10.1 Å². The predicted molar refractivity (Wildman–Crippen MR) is 102 cm³/mol. The van der Waals surface area contributed by atoms with Crippen molar-refractivity contribution in [2.45, 2.75) is 19.2 Å². The number of anilines is 1. The number of rotatable bonds is 4. The van der Waals surface area contributed by atoms with E-state index in [-0.39, 0.29) is 11.7 Å². The highest BCUT2D eigenvalue weighted by molar-refractivity contribution is 7.80. The van der Waals surface area contributed by atoms with Crippen molar-refractivity contribution in [2.75, 3.05) is 51.1 Å². The first-order valence-corrected chi connectivity index (χ1v) is 9.74. The zero-order valence-electron chi connectivity index (χ0n) is 15.4. The summed E-state index contributed by atoms with van der Waals surface area (Å²) >= 11 is 5.41. The van der Waals surface area contributed by atoms with E-state index in [4.69, 9.17) is 12.2 Å². The number of carbonyl (C=O) groups is 1. The van der Waals surface area contributed by atoms with Gasteiger partial charge in [-0.2, -0.15) is 0 Å². The van der Waals surface area contributed by atoms with Crippen LogP contribution in [0, 0.1) is 0 Å². The van der Waals surface area contributed by atoms with E-state index < -0.39 is 6.36 Å². The molecular formula is C18H24F3N4O2S+. The Kier molecular flexibility index (Phi) is 6.61. The molecule has 0 atom stereocenters. The van der Waals surface area contributed by atoms with Crippen molar-refractivity contribution in [3.8, 4) is 5.75 Å². The van der Waals surface area contributed by atoms with Gasteiger partial charge in [0.05, 0.1) is 26.2 Å². The second kappa shape index (κ2) is 8.95. The van der Waals surface area contributed by atoms with Crippen molar-refractivity contribution in [1.82, 2.24) is 9.80 Å². The maximum atomic E-state index is 12.3. The topological polar surface area (TPSA) is 49.3 Å². The number of alkyl halides is 3. The predicted octanol–water partition coefficient (Wildman–Crippen LogP) is 1.10. The first kappa shape index (κ1) is 20.7. The second-order valence-corrected chi connectivity index (χ2v) is 7.39. The van der Waals surface area contributed by atoms with Crippen LogP contribution in [0.15, 0.2) is 24.3 Å². The first-order valence-electron chi connectivity index (χ1n) is 9.33. The third kappa shape index (κ3) is 5.96. The molecule has 0 spiro atoms. The summed E-state index contributed by atoms with van der Waals surface area (Å²) in [6.45, 7) is 5.36. The molecule has 0 saturated carbocycles. The number of nitrogens with zero attached hydrogens (tertiary/aromatic N) is 2. The van der Waals surface area contributed by atoms with Gasteiger partial charge in [-0.3, -0.25) is 4.79 Å². The number of nitrogens with one attached hydrogen (secondary N) is 2. The molecule has 0 aromatic heterocycles. The van der Waals surface area contributed by atoms with Crippen LogP contribution in [-0.4, -0.2) is 73.0 Å². The van der Waals surface area contributed by atoms with E-state index in [0.717, 1.165) is 52.1 Å². The Balaban J connectivity index is 1.43. The van der Waals surface area contributed by atoms with Gasteiger partial charge >= 0.3 is 6.36 Å². The molecule has 2 fully saturated rings. The van der Waals surface area contributed by atoms with Crippen LogP contribution in [0.4, 0.5) is 18.9 Å². The van der Waals surface area contributed by atoms with Crippen LogP contribution in [0.2, 0.25) is 0 Å². The number of thiocarbonyl (C=S) groups is 1. The number of hydrogen-bond acceptors (Lipinski definition) is 3. The van der Waals surface area contributed by atoms with Crippen molar-refractivity contribution < 1.29 is 27.6 Å². The lowest BCUT2D eigenvalue weighted by atomic mass is 10.3. The molecule has 154 valence electrons. The van der Waals surface area contributed by atoms with Crippen LogP contribution < -0.4 is 15.0 Å². The summed E-state index contributed by atoms with van der Waals surface area (Å²) < 4.78 is 40.5. The zero-order valence-corrected chi connectivity index (χ0v) is 16.2. The van der Waals surface area contributed by atoms with Crippen molar-refractivity contribution in [1.29, 1.82) is 0 Å².